The van der Waals surface area contributed by atoms with Crippen molar-refractivity contribution in [3.63, 3.8) is 0 Å². The SMILES string of the molecule is COc1ccc(C)cc1C(O)CN(C)C1CCCC(C)C1. The number of rotatable bonds is 5. The molecular formula is C18H29NO2. The van der Waals surface area contributed by atoms with Crippen LogP contribution in [0.5, 0.6) is 5.75 Å². The molecule has 0 bridgehead atoms. The van der Waals surface area contributed by atoms with Gasteiger partial charge < -0.3 is 14.7 Å². The zero-order valence-electron chi connectivity index (χ0n) is 13.8. The Labute approximate surface area is 128 Å². The number of aryl methyl sites for hydroxylation is 1. The summed E-state index contributed by atoms with van der Waals surface area (Å²) in [6.45, 7) is 5.04. The molecule has 0 radical (unpaired) electrons. The fraction of sp³-hybridized carbons (Fsp3) is 0.667. The Bertz CT molecular complexity index is 461. The van der Waals surface area contributed by atoms with Crippen molar-refractivity contribution in [3.8, 4) is 5.75 Å². The van der Waals surface area contributed by atoms with E-state index in [1.54, 1.807) is 7.11 Å². The molecule has 0 aliphatic heterocycles. The van der Waals surface area contributed by atoms with Crippen LogP contribution in [0.25, 0.3) is 0 Å². The summed E-state index contributed by atoms with van der Waals surface area (Å²) in [6, 6.07) is 6.58. The lowest BCUT2D eigenvalue weighted by Crippen LogP contribution is -2.38. The van der Waals surface area contributed by atoms with E-state index in [0.717, 1.165) is 22.8 Å². The average molecular weight is 291 g/mol. The number of likely N-dealkylation sites (N-methyl/N-ethyl adjacent to an activating group) is 1. The number of aliphatic hydroxyl groups is 1. The van der Waals surface area contributed by atoms with Gasteiger partial charge in [0.25, 0.3) is 0 Å². The molecule has 1 N–H and O–H groups in total. The molecule has 1 fully saturated rings. The maximum Gasteiger partial charge on any atom is 0.124 e. The van der Waals surface area contributed by atoms with Crippen molar-refractivity contribution in [2.45, 2.75) is 51.7 Å². The van der Waals surface area contributed by atoms with Crippen molar-refractivity contribution in [1.29, 1.82) is 0 Å². The summed E-state index contributed by atoms with van der Waals surface area (Å²) < 4.78 is 5.39. The molecule has 3 unspecified atom stereocenters. The molecule has 0 heterocycles. The minimum Gasteiger partial charge on any atom is -0.496 e. The molecule has 2 rings (SSSR count). The summed E-state index contributed by atoms with van der Waals surface area (Å²) in [7, 11) is 3.79. The van der Waals surface area contributed by atoms with Crippen LogP contribution >= 0.6 is 0 Å². The number of methoxy groups -OCH3 is 1. The standard InChI is InChI=1S/C18H29NO2/c1-13-6-5-7-15(10-13)19(3)12-17(20)16-11-14(2)8-9-18(16)21-4/h8-9,11,13,15,17,20H,5-7,10,12H2,1-4H3. The van der Waals surface area contributed by atoms with Gasteiger partial charge in [0.1, 0.15) is 5.75 Å². The Morgan fingerprint density at radius 2 is 2.14 bits per heavy atom. The molecule has 118 valence electrons. The van der Waals surface area contributed by atoms with Gasteiger partial charge in [-0.3, -0.25) is 0 Å². The van der Waals surface area contributed by atoms with Crippen molar-refractivity contribution in [2.75, 3.05) is 20.7 Å². The minimum atomic E-state index is -0.498. The number of ether oxygens (including phenoxy) is 1. The maximum atomic E-state index is 10.6. The Kier molecular flexibility index (Phi) is 5.65. The van der Waals surface area contributed by atoms with Crippen molar-refractivity contribution >= 4 is 0 Å². The summed E-state index contributed by atoms with van der Waals surface area (Å²) in [5.74, 6) is 1.58. The van der Waals surface area contributed by atoms with Gasteiger partial charge in [-0.05, 0) is 44.9 Å². The van der Waals surface area contributed by atoms with E-state index < -0.39 is 6.10 Å². The Morgan fingerprint density at radius 3 is 2.81 bits per heavy atom. The van der Waals surface area contributed by atoms with Gasteiger partial charge in [-0.25, -0.2) is 0 Å². The van der Waals surface area contributed by atoms with Crippen molar-refractivity contribution in [2.24, 2.45) is 5.92 Å². The third-order valence-corrected chi connectivity index (χ3v) is 4.74. The fourth-order valence-electron chi connectivity index (χ4n) is 3.44. The highest BCUT2D eigenvalue weighted by molar-refractivity contribution is 5.38. The van der Waals surface area contributed by atoms with Crippen LogP contribution in [0.3, 0.4) is 0 Å². The lowest BCUT2D eigenvalue weighted by molar-refractivity contribution is 0.0816. The largest absolute Gasteiger partial charge is 0.496 e. The van der Waals surface area contributed by atoms with Crippen LogP contribution < -0.4 is 4.74 Å². The molecule has 3 heteroatoms. The molecule has 0 saturated heterocycles. The van der Waals surface area contributed by atoms with Gasteiger partial charge >= 0.3 is 0 Å². The summed E-state index contributed by atoms with van der Waals surface area (Å²) >= 11 is 0. The summed E-state index contributed by atoms with van der Waals surface area (Å²) in [4.78, 5) is 2.32. The number of nitrogens with zero attached hydrogens (tertiary/aromatic N) is 1. The maximum absolute atomic E-state index is 10.6. The Hall–Kier alpha value is -1.06. The number of hydrogen-bond acceptors (Lipinski definition) is 3. The molecule has 3 nitrogen and oxygen atoms in total. The molecule has 1 saturated carbocycles. The van der Waals surface area contributed by atoms with Crippen molar-refractivity contribution in [1.82, 2.24) is 4.90 Å². The summed E-state index contributed by atoms with van der Waals surface area (Å²) in [6.07, 6.45) is 4.65. The van der Waals surface area contributed by atoms with Crippen LogP contribution in [-0.4, -0.2) is 36.8 Å². The first-order chi connectivity index (χ1) is 10.0. The van der Waals surface area contributed by atoms with Gasteiger partial charge in [-0.1, -0.05) is 31.4 Å². The quantitative estimate of drug-likeness (QED) is 0.900. The Morgan fingerprint density at radius 1 is 1.38 bits per heavy atom. The highest BCUT2D eigenvalue weighted by Crippen LogP contribution is 2.30. The minimum absolute atomic E-state index is 0.498. The molecule has 1 aliphatic rings. The molecule has 1 aromatic rings. The molecule has 0 aromatic heterocycles. The van der Waals surface area contributed by atoms with Crippen molar-refractivity contribution in [3.05, 3.63) is 29.3 Å². The highest BCUT2D eigenvalue weighted by Gasteiger charge is 2.25. The smallest absolute Gasteiger partial charge is 0.124 e. The third-order valence-electron chi connectivity index (χ3n) is 4.74. The van der Waals surface area contributed by atoms with E-state index in [9.17, 15) is 5.11 Å². The average Bonchev–Trinajstić information content (AvgIpc) is 2.47. The molecular weight excluding hydrogens is 262 g/mol. The highest BCUT2D eigenvalue weighted by atomic mass is 16.5. The third kappa shape index (κ3) is 4.21. The number of hydrogen-bond donors (Lipinski definition) is 1. The predicted molar refractivity (Wildman–Crippen MR) is 86.7 cm³/mol. The van der Waals surface area contributed by atoms with Crippen LogP contribution in [0.2, 0.25) is 0 Å². The van der Waals surface area contributed by atoms with Crippen LogP contribution in [0.1, 0.15) is 49.8 Å². The lowest BCUT2D eigenvalue weighted by Gasteiger charge is -2.35. The number of benzene rings is 1. The van der Waals surface area contributed by atoms with E-state index in [1.165, 1.54) is 25.7 Å². The van der Waals surface area contributed by atoms with E-state index in [4.69, 9.17) is 4.74 Å². The van der Waals surface area contributed by atoms with Crippen LogP contribution in [-0.2, 0) is 0 Å². The van der Waals surface area contributed by atoms with Gasteiger partial charge in [-0.2, -0.15) is 0 Å². The second-order valence-corrected chi connectivity index (χ2v) is 6.63. The monoisotopic (exact) mass is 291 g/mol. The van der Waals surface area contributed by atoms with E-state index in [2.05, 4.69) is 18.9 Å². The first-order valence-electron chi connectivity index (χ1n) is 8.04. The first kappa shape index (κ1) is 16.3. The first-order valence-corrected chi connectivity index (χ1v) is 8.04. The lowest BCUT2D eigenvalue weighted by atomic mass is 9.86. The second-order valence-electron chi connectivity index (χ2n) is 6.63. The van der Waals surface area contributed by atoms with Crippen LogP contribution in [0.15, 0.2) is 18.2 Å². The molecule has 3 atom stereocenters. The fourth-order valence-corrected chi connectivity index (χ4v) is 3.44. The number of aliphatic hydroxyl groups excluding tert-OH is 1. The van der Waals surface area contributed by atoms with Gasteiger partial charge in [0.05, 0.1) is 13.2 Å². The normalized spacial score (nSPS) is 24.1. The van der Waals surface area contributed by atoms with Gasteiger partial charge in [0.15, 0.2) is 0 Å². The van der Waals surface area contributed by atoms with Gasteiger partial charge in [0.2, 0.25) is 0 Å². The molecule has 0 amide bonds. The topological polar surface area (TPSA) is 32.7 Å². The Balaban J connectivity index is 2.03. The van der Waals surface area contributed by atoms with Gasteiger partial charge in [-0.15, -0.1) is 0 Å². The molecule has 1 aliphatic carbocycles. The predicted octanol–water partition coefficient (Wildman–Crippen LogP) is 3.55. The molecule has 1 aromatic carbocycles. The van der Waals surface area contributed by atoms with Crippen LogP contribution in [0.4, 0.5) is 0 Å². The second kappa shape index (κ2) is 7.28. The van der Waals surface area contributed by atoms with E-state index in [-0.39, 0.29) is 0 Å². The molecule has 21 heavy (non-hydrogen) atoms. The van der Waals surface area contributed by atoms with Gasteiger partial charge in [0, 0.05) is 18.2 Å². The van der Waals surface area contributed by atoms with E-state index in [0.29, 0.717) is 12.6 Å². The van der Waals surface area contributed by atoms with E-state index >= 15 is 0 Å². The zero-order chi connectivity index (χ0) is 15.4. The summed E-state index contributed by atoms with van der Waals surface area (Å²) in [5, 5.41) is 10.6. The van der Waals surface area contributed by atoms with E-state index in [1.807, 2.05) is 25.1 Å². The molecule has 0 spiro atoms. The zero-order valence-corrected chi connectivity index (χ0v) is 13.8. The van der Waals surface area contributed by atoms with Crippen molar-refractivity contribution < 1.29 is 9.84 Å². The van der Waals surface area contributed by atoms with Crippen LogP contribution in [0, 0.1) is 12.8 Å². The summed E-state index contributed by atoms with van der Waals surface area (Å²) in [5.41, 5.74) is 2.05.